The standard InChI is InChI=1S/C25H20N2O3/c1-13-12-27(21-11-23(29)16-4-2-3-5-17(16)24(13)21)25(30)20-10-15-8-18-14(6-7-22(18)28)9-19(15)26-20/h2-5,8-11,13,24,26H,6-7,12H2,1H3/t13-,24?/m1/s1. The van der Waals surface area contributed by atoms with Crippen molar-refractivity contribution in [1.29, 1.82) is 0 Å². The first-order valence-electron chi connectivity index (χ1n) is 10.4. The summed E-state index contributed by atoms with van der Waals surface area (Å²) in [5.74, 6) is 0.261. The Kier molecular flexibility index (Phi) is 3.49. The number of allylic oxidation sites excluding steroid dienone is 2. The lowest BCUT2D eigenvalue weighted by atomic mass is 9.80. The summed E-state index contributed by atoms with van der Waals surface area (Å²) in [4.78, 5) is 43.1. The van der Waals surface area contributed by atoms with Crippen LogP contribution in [0.3, 0.4) is 0 Å². The number of fused-ring (bicyclic) bond motifs is 5. The highest BCUT2D eigenvalue weighted by molar-refractivity contribution is 6.09. The number of aryl methyl sites for hydroxylation is 1. The van der Waals surface area contributed by atoms with E-state index in [4.69, 9.17) is 0 Å². The van der Waals surface area contributed by atoms with Gasteiger partial charge in [-0.15, -0.1) is 0 Å². The number of H-pyrrole nitrogens is 1. The van der Waals surface area contributed by atoms with E-state index in [1.165, 1.54) is 0 Å². The van der Waals surface area contributed by atoms with Gasteiger partial charge in [-0.1, -0.05) is 31.2 Å². The van der Waals surface area contributed by atoms with Gasteiger partial charge in [-0.05, 0) is 41.7 Å². The third kappa shape index (κ3) is 2.32. The number of rotatable bonds is 1. The maximum atomic E-state index is 13.4. The van der Waals surface area contributed by atoms with Gasteiger partial charge in [0.15, 0.2) is 11.6 Å². The second-order valence-corrected chi connectivity index (χ2v) is 8.59. The first-order chi connectivity index (χ1) is 14.5. The summed E-state index contributed by atoms with van der Waals surface area (Å²) in [7, 11) is 0. The minimum absolute atomic E-state index is 0.0460. The molecular weight excluding hydrogens is 376 g/mol. The Morgan fingerprint density at radius 3 is 2.77 bits per heavy atom. The molecule has 3 aliphatic rings. The maximum absolute atomic E-state index is 13.4. The van der Waals surface area contributed by atoms with Crippen LogP contribution in [0.1, 0.15) is 61.6 Å². The summed E-state index contributed by atoms with van der Waals surface area (Å²) >= 11 is 0. The Hall–Kier alpha value is -3.47. The molecule has 1 amide bonds. The Morgan fingerprint density at radius 1 is 1.07 bits per heavy atom. The van der Waals surface area contributed by atoms with Crippen molar-refractivity contribution in [3.05, 3.63) is 82.2 Å². The second kappa shape index (κ2) is 6.02. The predicted molar refractivity (Wildman–Crippen MR) is 113 cm³/mol. The molecular formula is C25H20N2O3. The lowest BCUT2D eigenvalue weighted by molar-refractivity contribution is 0.0814. The molecule has 2 aliphatic carbocycles. The molecule has 2 heterocycles. The summed E-state index contributed by atoms with van der Waals surface area (Å²) in [6, 6.07) is 13.4. The van der Waals surface area contributed by atoms with E-state index in [0.717, 1.165) is 45.3 Å². The van der Waals surface area contributed by atoms with Crippen molar-refractivity contribution in [3.8, 4) is 0 Å². The molecule has 1 aliphatic heterocycles. The van der Waals surface area contributed by atoms with E-state index in [2.05, 4.69) is 11.9 Å². The summed E-state index contributed by atoms with van der Waals surface area (Å²) in [6.45, 7) is 2.70. The molecule has 0 radical (unpaired) electrons. The zero-order valence-electron chi connectivity index (χ0n) is 16.6. The topological polar surface area (TPSA) is 70.2 Å². The number of aromatic nitrogens is 1. The van der Waals surface area contributed by atoms with Crippen molar-refractivity contribution in [2.24, 2.45) is 5.92 Å². The second-order valence-electron chi connectivity index (χ2n) is 8.59. The molecule has 5 nitrogen and oxygen atoms in total. The number of benzene rings is 2. The SMILES string of the molecule is C[C@@H]1CN(C(=O)c2cc3cc4c(cc3[nH]2)CCC4=O)C2=CC(=O)c3ccccc3C21. The van der Waals surface area contributed by atoms with Crippen LogP contribution in [-0.4, -0.2) is 33.9 Å². The lowest BCUT2D eigenvalue weighted by Crippen LogP contribution is -2.29. The average Bonchev–Trinajstić information content (AvgIpc) is 3.42. The average molecular weight is 396 g/mol. The van der Waals surface area contributed by atoms with Crippen LogP contribution in [0.5, 0.6) is 0 Å². The van der Waals surface area contributed by atoms with Gasteiger partial charge in [-0.3, -0.25) is 14.4 Å². The van der Waals surface area contributed by atoms with Gasteiger partial charge in [0.25, 0.3) is 5.91 Å². The molecule has 0 bridgehead atoms. The molecule has 148 valence electrons. The molecule has 1 saturated heterocycles. The number of carbonyl (C=O) groups is 3. The highest BCUT2D eigenvalue weighted by atomic mass is 16.2. The largest absolute Gasteiger partial charge is 0.351 e. The molecule has 30 heavy (non-hydrogen) atoms. The fourth-order valence-corrected chi connectivity index (χ4v) is 5.33. The van der Waals surface area contributed by atoms with E-state index < -0.39 is 0 Å². The van der Waals surface area contributed by atoms with Crippen LogP contribution in [0.2, 0.25) is 0 Å². The number of aromatic amines is 1. The zero-order chi connectivity index (χ0) is 20.6. The van der Waals surface area contributed by atoms with Crippen LogP contribution in [-0.2, 0) is 6.42 Å². The van der Waals surface area contributed by atoms with Gasteiger partial charge in [0.1, 0.15) is 5.69 Å². The van der Waals surface area contributed by atoms with Crippen LogP contribution >= 0.6 is 0 Å². The molecule has 5 heteroatoms. The fraction of sp³-hybridized carbons (Fsp3) is 0.240. The number of nitrogens with zero attached hydrogens (tertiary/aromatic N) is 1. The summed E-state index contributed by atoms with van der Waals surface area (Å²) in [6.07, 6.45) is 2.95. The summed E-state index contributed by atoms with van der Waals surface area (Å²) < 4.78 is 0. The maximum Gasteiger partial charge on any atom is 0.274 e. The quantitative estimate of drug-likeness (QED) is 0.668. The molecule has 0 spiro atoms. The molecule has 0 saturated carbocycles. The van der Waals surface area contributed by atoms with E-state index in [9.17, 15) is 14.4 Å². The van der Waals surface area contributed by atoms with Crippen LogP contribution in [0.25, 0.3) is 10.9 Å². The lowest BCUT2D eigenvalue weighted by Gasteiger charge is -2.25. The molecule has 2 aromatic carbocycles. The third-order valence-corrected chi connectivity index (χ3v) is 6.75. The van der Waals surface area contributed by atoms with Crippen molar-refractivity contribution in [2.45, 2.75) is 25.7 Å². The normalized spacial score (nSPS) is 22.2. The van der Waals surface area contributed by atoms with Gasteiger partial charge in [-0.2, -0.15) is 0 Å². The Labute approximate surface area is 173 Å². The van der Waals surface area contributed by atoms with Crippen molar-refractivity contribution in [2.75, 3.05) is 6.54 Å². The van der Waals surface area contributed by atoms with Gasteiger partial charge in [0, 0.05) is 52.7 Å². The highest BCUT2D eigenvalue weighted by Crippen LogP contribution is 2.45. The van der Waals surface area contributed by atoms with Crippen molar-refractivity contribution in [1.82, 2.24) is 9.88 Å². The van der Waals surface area contributed by atoms with E-state index in [1.54, 1.807) is 11.0 Å². The smallest absolute Gasteiger partial charge is 0.274 e. The minimum Gasteiger partial charge on any atom is -0.351 e. The van der Waals surface area contributed by atoms with Gasteiger partial charge in [-0.25, -0.2) is 0 Å². The van der Waals surface area contributed by atoms with E-state index in [0.29, 0.717) is 18.7 Å². The van der Waals surface area contributed by atoms with Gasteiger partial charge in [0.2, 0.25) is 0 Å². The number of Topliss-reactive ketones (excluding diaryl/α,β-unsaturated/α-hetero) is 1. The Balaban J connectivity index is 1.40. The van der Waals surface area contributed by atoms with Crippen molar-refractivity contribution in [3.63, 3.8) is 0 Å². The first-order valence-corrected chi connectivity index (χ1v) is 10.4. The monoisotopic (exact) mass is 396 g/mol. The van der Waals surface area contributed by atoms with Crippen molar-refractivity contribution < 1.29 is 14.4 Å². The first kappa shape index (κ1) is 17.4. The van der Waals surface area contributed by atoms with Gasteiger partial charge < -0.3 is 9.88 Å². The van der Waals surface area contributed by atoms with Crippen molar-refractivity contribution >= 4 is 28.4 Å². The molecule has 3 aromatic rings. The summed E-state index contributed by atoms with van der Waals surface area (Å²) in [5.41, 5.74) is 5.70. The molecule has 1 fully saturated rings. The van der Waals surface area contributed by atoms with Gasteiger partial charge >= 0.3 is 0 Å². The third-order valence-electron chi connectivity index (χ3n) is 6.75. The number of hydrogen-bond acceptors (Lipinski definition) is 3. The molecule has 1 aromatic heterocycles. The predicted octanol–water partition coefficient (Wildman–Crippen LogP) is 4.25. The molecule has 1 unspecified atom stereocenters. The van der Waals surface area contributed by atoms with Gasteiger partial charge in [0.05, 0.1) is 0 Å². The summed E-state index contributed by atoms with van der Waals surface area (Å²) in [5, 5.41) is 0.871. The number of amides is 1. The number of ketones is 2. The number of nitrogens with one attached hydrogen (secondary N) is 1. The fourth-order valence-electron chi connectivity index (χ4n) is 5.33. The Morgan fingerprint density at radius 2 is 1.90 bits per heavy atom. The number of carbonyl (C=O) groups excluding carboxylic acids is 3. The van der Waals surface area contributed by atoms with Crippen LogP contribution in [0, 0.1) is 5.92 Å². The number of likely N-dealkylation sites (tertiary alicyclic amines) is 1. The molecule has 1 N–H and O–H groups in total. The van der Waals surface area contributed by atoms with Crippen LogP contribution in [0.15, 0.2) is 54.2 Å². The van der Waals surface area contributed by atoms with E-state index in [1.807, 2.05) is 42.5 Å². The molecule has 2 atom stereocenters. The molecule has 6 rings (SSSR count). The zero-order valence-corrected chi connectivity index (χ0v) is 16.6. The van der Waals surface area contributed by atoms with Crippen LogP contribution < -0.4 is 0 Å². The van der Waals surface area contributed by atoms with E-state index >= 15 is 0 Å². The van der Waals surface area contributed by atoms with E-state index in [-0.39, 0.29) is 29.3 Å². The Bertz CT molecular complexity index is 1310. The minimum atomic E-state index is -0.134. The highest BCUT2D eigenvalue weighted by Gasteiger charge is 2.42. The van der Waals surface area contributed by atoms with Crippen LogP contribution in [0.4, 0.5) is 0 Å². The number of hydrogen-bond donors (Lipinski definition) is 1.